The summed E-state index contributed by atoms with van der Waals surface area (Å²) < 4.78 is 5.26. The molecule has 1 aliphatic carbocycles. The molecular formula is C15H31NOS. The summed E-state index contributed by atoms with van der Waals surface area (Å²) in [7, 11) is 1.80. The quantitative estimate of drug-likeness (QED) is 0.678. The molecule has 2 nitrogen and oxygen atoms in total. The van der Waals surface area contributed by atoms with E-state index in [9.17, 15) is 0 Å². The molecule has 18 heavy (non-hydrogen) atoms. The third kappa shape index (κ3) is 4.75. The lowest BCUT2D eigenvalue weighted by Gasteiger charge is -2.42. The van der Waals surface area contributed by atoms with Crippen molar-refractivity contribution in [2.24, 2.45) is 5.41 Å². The van der Waals surface area contributed by atoms with E-state index in [-0.39, 0.29) is 0 Å². The maximum atomic E-state index is 5.26. The second-order valence-corrected chi connectivity index (χ2v) is 6.26. The number of ether oxygens (including phenoxy) is 1. The Bertz CT molecular complexity index is 217. The van der Waals surface area contributed by atoms with Crippen LogP contribution in [0.25, 0.3) is 0 Å². The zero-order valence-corrected chi connectivity index (χ0v) is 13.3. The van der Waals surface area contributed by atoms with E-state index in [2.05, 4.69) is 31.4 Å². The minimum absolute atomic E-state index is 0.457. The Morgan fingerprint density at radius 2 is 1.94 bits per heavy atom. The second-order valence-electron chi connectivity index (χ2n) is 5.94. The topological polar surface area (TPSA) is 12.5 Å². The van der Waals surface area contributed by atoms with Crippen LogP contribution < -0.4 is 0 Å². The van der Waals surface area contributed by atoms with Gasteiger partial charge in [0.2, 0.25) is 0 Å². The van der Waals surface area contributed by atoms with Crippen molar-refractivity contribution in [2.45, 2.75) is 58.4 Å². The van der Waals surface area contributed by atoms with Gasteiger partial charge in [-0.3, -0.25) is 4.90 Å². The van der Waals surface area contributed by atoms with Crippen LogP contribution >= 0.6 is 12.6 Å². The predicted molar refractivity (Wildman–Crippen MR) is 82.6 cm³/mol. The molecule has 108 valence electrons. The minimum Gasteiger partial charge on any atom is -0.383 e. The Labute approximate surface area is 119 Å². The predicted octanol–water partition coefficient (Wildman–Crippen LogP) is 3.61. The molecule has 0 aromatic heterocycles. The molecule has 1 saturated carbocycles. The lowest BCUT2D eigenvalue weighted by molar-refractivity contribution is 0.0685. The standard InChI is InChI=1S/C15H31NOS/c1-4-14(2)16(10-11-17-3)12-15(13-18)8-6-5-7-9-15/h14,18H,4-13H2,1-3H3. The Morgan fingerprint density at radius 1 is 1.28 bits per heavy atom. The van der Waals surface area contributed by atoms with Crippen LogP contribution in [-0.4, -0.2) is 43.5 Å². The fourth-order valence-corrected chi connectivity index (χ4v) is 3.44. The largest absolute Gasteiger partial charge is 0.383 e. The van der Waals surface area contributed by atoms with Crippen molar-refractivity contribution in [1.82, 2.24) is 4.90 Å². The van der Waals surface area contributed by atoms with Crippen molar-refractivity contribution in [1.29, 1.82) is 0 Å². The van der Waals surface area contributed by atoms with Crippen molar-refractivity contribution in [3.63, 3.8) is 0 Å². The number of nitrogens with zero attached hydrogens (tertiary/aromatic N) is 1. The van der Waals surface area contributed by atoms with Gasteiger partial charge in [0.15, 0.2) is 0 Å². The fraction of sp³-hybridized carbons (Fsp3) is 1.00. The summed E-state index contributed by atoms with van der Waals surface area (Å²) in [5.41, 5.74) is 0.457. The average Bonchev–Trinajstić information content (AvgIpc) is 2.43. The molecule has 3 heteroatoms. The molecule has 1 aliphatic rings. The molecule has 0 N–H and O–H groups in total. The van der Waals surface area contributed by atoms with Gasteiger partial charge >= 0.3 is 0 Å². The first-order chi connectivity index (χ1) is 8.67. The molecule has 1 fully saturated rings. The molecule has 1 unspecified atom stereocenters. The van der Waals surface area contributed by atoms with E-state index in [0.29, 0.717) is 11.5 Å². The highest BCUT2D eigenvalue weighted by Gasteiger charge is 2.33. The number of thiol groups is 1. The molecule has 0 saturated heterocycles. The molecule has 0 amide bonds. The highest BCUT2D eigenvalue weighted by molar-refractivity contribution is 7.80. The van der Waals surface area contributed by atoms with Crippen LogP contribution in [0.5, 0.6) is 0 Å². The van der Waals surface area contributed by atoms with Crippen LogP contribution in [-0.2, 0) is 4.74 Å². The molecule has 0 aliphatic heterocycles. The van der Waals surface area contributed by atoms with E-state index in [1.54, 1.807) is 7.11 Å². The maximum absolute atomic E-state index is 5.26. The maximum Gasteiger partial charge on any atom is 0.0589 e. The molecule has 1 atom stereocenters. The van der Waals surface area contributed by atoms with Crippen LogP contribution in [0.2, 0.25) is 0 Å². The van der Waals surface area contributed by atoms with E-state index < -0.39 is 0 Å². The van der Waals surface area contributed by atoms with Crippen LogP contribution in [0.15, 0.2) is 0 Å². The molecule has 0 aromatic carbocycles. The number of hydrogen-bond acceptors (Lipinski definition) is 3. The van der Waals surface area contributed by atoms with Crippen molar-refractivity contribution < 1.29 is 4.74 Å². The van der Waals surface area contributed by atoms with Crippen molar-refractivity contribution >= 4 is 12.6 Å². The van der Waals surface area contributed by atoms with Gasteiger partial charge in [0, 0.05) is 26.2 Å². The normalized spacial score (nSPS) is 21.2. The van der Waals surface area contributed by atoms with Gasteiger partial charge in [-0.2, -0.15) is 12.6 Å². The molecular weight excluding hydrogens is 242 g/mol. The summed E-state index contributed by atoms with van der Waals surface area (Å²) in [6.07, 6.45) is 8.12. The highest BCUT2D eigenvalue weighted by Crippen LogP contribution is 2.38. The van der Waals surface area contributed by atoms with Crippen LogP contribution in [0.1, 0.15) is 52.4 Å². The van der Waals surface area contributed by atoms with Crippen LogP contribution in [0.3, 0.4) is 0 Å². The Morgan fingerprint density at radius 3 is 2.44 bits per heavy atom. The van der Waals surface area contributed by atoms with Crippen LogP contribution in [0, 0.1) is 5.41 Å². The van der Waals surface area contributed by atoms with E-state index in [0.717, 1.165) is 18.9 Å². The van der Waals surface area contributed by atoms with Gasteiger partial charge in [0.25, 0.3) is 0 Å². The van der Waals surface area contributed by atoms with Crippen molar-refractivity contribution in [3.8, 4) is 0 Å². The smallest absolute Gasteiger partial charge is 0.0589 e. The average molecular weight is 273 g/mol. The van der Waals surface area contributed by atoms with Gasteiger partial charge in [0.05, 0.1) is 6.61 Å². The Hall–Kier alpha value is 0.270. The summed E-state index contributed by atoms with van der Waals surface area (Å²) in [6, 6.07) is 0.652. The molecule has 0 heterocycles. The van der Waals surface area contributed by atoms with Gasteiger partial charge in [-0.25, -0.2) is 0 Å². The Balaban J connectivity index is 2.60. The van der Waals surface area contributed by atoms with Gasteiger partial charge in [-0.05, 0) is 37.4 Å². The van der Waals surface area contributed by atoms with Crippen molar-refractivity contribution in [2.75, 3.05) is 32.6 Å². The van der Waals surface area contributed by atoms with E-state index in [4.69, 9.17) is 4.74 Å². The van der Waals surface area contributed by atoms with Gasteiger partial charge < -0.3 is 4.74 Å². The summed E-state index contributed by atoms with van der Waals surface area (Å²) in [4.78, 5) is 2.62. The van der Waals surface area contributed by atoms with Gasteiger partial charge in [-0.1, -0.05) is 26.2 Å². The minimum atomic E-state index is 0.457. The SMILES string of the molecule is CCC(C)N(CCOC)CC1(CS)CCCCC1. The summed E-state index contributed by atoms with van der Waals surface area (Å²) in [6.45, 7) is 7.71. The lowest BCUT2D eigenvalue weighted by atomic mass is 9.75. The summed E-state index contributed by atoms with van der Waals surface area (Å²) in [5.74, 6) is 1.03. The zero-order chi connectivity index (χ0) is 13.4. The van der Waals surface area contributed by atoms with Crippen molar-refractivity contribution in [3.05, 3.63) is 0 Å². The first-order valence-corrected chi connectivity index (χ1v) is 8.14. The van der Waals surface area contributed by atoms with E-state index in [1.807, 2.05) is 0 Å². The number of methoxy groups -OCH3 is 1. The fourth-order valence-electron chi connectivity index (χ4n) is 3.02. The molecule has 1 rings (SSSR count). The molecule has 0 aromatic rings. The van der Waals surface area contributed by atoms with Gasteiger partial charge in [0.1, 0.15) is 0 Å². The third-order valence-corrected chi connectivity index (χ3v) is 5.26. The molecule has 0 bridgehead atoms. The van der Waals surface area contributed by atoms with E-state index >= 15 is 0 Å². The first kappa shape index (κ1) is 16.3. The number of hydrogen-bond donors (Lipinski definition) is 1. The zero-order valence-electron chi connectivity index (χ0n) is 12.5. The highest BCUT2D eigenvalue weighted by atomic mass is 32.1. The molecule has 0 spiro atoms. The first-order valence-electron chi connectivity index (χ1n) is 7.51. The number of rotatable bonds is 8. The molecule has 0 radical (unpaired) electrons. The second kappa shape index (κ2) is 8.44. The lowest BCUT2D eigenvalue weighted by Crippen LogP contribution is -2.45. The summed E-state index contributed by atoms with van der Waals surface area (Å²) in [5, 5.41) is 0. The third-order valence-electron chi connectivity index (χ3n) is 4.58. The van der Waals surface area contributed by atoms with Crippen LogP contribution in [0.4, 0.5) is 0 Å². The van der Waals surface area contributed by atoms with Gasteiger partial charge in [-0.15, -0.1) is 0 Å². The Kier molecular flexibility index (Phi) is 7.66. The summed E-state index contributed by atoms with van der Waals surface area (Å²) >= 11 is 4.65. The monoisotopic (exact) mass is 273 g/mol. The van der Waals surface area contributed by atoms with E-state index in [1.165, 1.54) is 45.1 Å².